The standard InChI is InChI=1S/C9H14O4/c1-9(2)5-6(7(10)13-9)8(11-3)12-4/h5,8H,1-4H3. The molecule has 0 saturated heterocycles. The maximum absolute atomic E-state index is 11.3. The zero-order chi connectivity index (χ0) is 10.1. The number of ether oxygens (including phenoxy) is 3. The van der Waals surface area contributed by atoms with E-state index in [4.69, 9.17) is 14.2 Å². The third-order valence-electron chi connectivity index (χ3n) is 1.78. The predicted molar refractivity (Wildman–Crippen MR) is 46.1 cm³/mol. The molecule has 0 fully saturated rings. The van der Waals surface area contributed by atoms with Crippen molar-refractivity contribution in [1.29, 1.82) is 0 Å². The molecule has 0 radical (unpaired) electrons. The van der Waals surface area contributed by atoms with Gasteiger partial charge in [-0.25, -0.2) is 4.79 Å². The largest absolute Gasteiger partial charge is 0.452 e. The Morgan fingerprint density at radius 1 is 1.38 bits per heavy atom. The van der Waals surface area contributed by atoms with Crippen molar-refractivity contribution in [3.8, 4) is 0 Å². The van der Waals surface area contributed by atoms with Crippen LogP contribution in [0.15, 0.2) is 11.6 Å². The van der Waals surface area contributed by atoms with Gasteiger partial charge in [0, 0.05) is 14.2 Å². The summed E-state index contributed by atoms with van der Waals surface area (Å²) < 4.78 is 15.0. The lowest BCUT2D eigenvalue weighted by Gasteiger charge is -2.13. The summed E-state index contributed by atoms with van der Waals surface area (Å²) in [5, 5.41) is 0. The van der Waals surface area contributed by atoms with Gasteiger partial charge < -0.3 is 14.2 Å². The summed E-state index contributed by atoms with van der Waals surface area (Å²) in [5.41, 5.74) is -0.128. The monoisotopic (exact) mass is 186 g/mol. The van der Waals surface area contributed by atoms with Gasteiger partial charge in [0.25, 0.3) is 0 Å². The van der Waals surface area contributed by atoms with Crippen LogP contribution in [0.5, 0.6) is 0 Å². The third kappa shape index (κ3) is 2.08. The van der Waals surface area contributed by atoms with E-state index in [-0.39, 0.29) is 5.97 Å². The summed E-state index contributed by atoms with van der Waals surface area (Å²) in [5.74, 6) is -0.376. The quantitative estimate of drug-likeness (QED) is 0.484. The highest BCUT2D eigenvalue weighted by molar-refractivity contribution is 5.92. The van der Waals surface area contributed by atoms with Crippen LogP contribution in [0.4, 0.5) is 0 Å². The molecular formula is C9H14O4. The maximum Gasteiger partial charge on any atom is 0.339 e. The first-order valence-electron chi connectivity index (χ1n) is 4.02. The zero-order valence-corrected chi connectivity index (χ0v) is 8.29. The maximum atomic E-state index is 11.3. The van der Waals surface area contributed by atoms with E-state index >= 15 is 0 Å². The Labute approximate surface area is 77.5 Å². The fraction of sp³-hybridized carbons (Fsp3) is 0.667. The lowest BCUT2D eigenvalue weighted by atomic mass is 10.1. The SMILES string of the molecule is COC(OC)C1=CC(C)(C)OC1=O. The third-order valence-corrected chi connectivity index (χ3v) is 1.78. The molecule has 74 valence electrons. The van der Waals surface area contributed by atoms with Gasteiger partial charge in [0.2, 0.25) is 0 Å². The van der Waals surface area contributed by atoms with E-state index in [9.17, 15) is 4.79 Å². The first kappa shape index (κ1) is 10.2. The van der Waals surface area contributed by atoms with E-state index in [0.29, 0.717) is 5.57 Å². The molecular weight excluding hydrogens is 172 g/mol. The van der Waals surface area contributed by atoms with E-state index in [0.717, 1.165) is 0 Å². The molecule has 13 heavy (non-hydrogen) atoms. The Hall–Kier alpha value is -0.870. The molecule has 1 aliphatic rings. The highest BCUT2D eigenvalue weighted by Gasteiger charge is 2.35. The normalized spacial score (nSPS) is 20.4. The molecule has 0 atom stereocenters. The highest BCUT2D eigenvalue weighted by atomic mass is 16.7. The molecule has 4 heteroatoms. The van der Waals surface area contributed by atoms with Crippen LogP contribution in [0.1, 0.15) is 13.8 Å². The first-order valence-corrected chi connectivity index (χ1v) is 4.02. The van der Waals surface area contributed by atoms with E-state index in [1.807, 2.05) is 0 Å². The molecule has 0 unspecified atom stereocenters. The lowest BCUT2D eigenvalue weighted by molar-refractivity contribution is -0.149. The lowest BCUT2D eigenvalue weighted by Crippen LogP contribution is -2.21. The second kappa shape index (κ2) is 3.47. The van der Waals surface area contributed by atoms with Crippen molar-refractivity contribution in [3.63, 3.8) is 0 Å². The van der Waals surface area contributed by atoms with Gasteiger partial charge in [-0.3, -0.25) is 0 Å². The van der Waals surface area contributed by atoms with Gasteiger partial charge in [-0.2, -0.15) is 0 Å². The van der Waals surface area contributed by atoms with Crippen molar-refractivity contribution in [3.05, 3.63) is 11.6 Å². The summed E-state index contributed by atoms with van der Waals surface area (Å²) in [4.78, 5) is 11.3. The van der Waals surface area contributed by atoms with Crippen LogP contribution in [0.25, 0.3) is 0 Å². The summed E-state index contributed by atoms with van der Waals surface area (Å²) in [7, 11) is 2.96. The van der Waals surface area contributed by atoms with Crippen LogP contribution in [0, 0.1) is 0 Å². The summed E-state index contributed by atoms with van der Waals surface area (Å²) in [6.45, 7) is 3.61. The Bertz CT molecular complexity index is 238. The molecule has 0 aliphatic carbocycles. The zero-order valence-electron chi connectivity index (χ0n) is 8.29. The molecule has 1 heterocycles. The van der Waals surface area contributed by atoms with Crippen LogP contribution in [0.3, 0.4) is 0 Å². The second-order valence-electron chi connectivity index (χ2n) is 3.40. The van der Waals surface area contributed by atoms with E-state index in [2.05, 4.69) is 0 Å². The van der Waals surface area contributed by atoms with Gasteiger partial charge in [0.15, 0.2) is 6.29 Å². The smallest absolute Gasteiger partial charge is 0.339 e. The molecule has 0 spiro atoms. The summed E-state index contributed by atoms with van der Waals surface area (Å²) >= 11 is 0. The van der Waals surface area contributed by atoms with Crippen LogP contribution in [-0.4, -0.2) is 32.1 Å². The number of carbonyl (C=O) groups is 1. The molecule has 0 aromatic carbocycles. The number of carbonyl (C=O) groups excluding carboxylic acids is 1. The van der Waals surface area contributed by atoms with Crippen molar-refractivity contribution >= 4 is 5.97 Å². The second-order valence-corrected chi connectivity index (χ2v) is 3.40. The minimum atomic E-state index is -0.630. The van der Waals surface area contributed by atoms with Crippen molar-refractivity contribution in [2.75, 3.05) is 14.2 Å². The number of cyclic esters (lactones) is 1. The van der Waals surface area contributed by atoms with Crippen LogP contribution in [-0.2, 0) is 19.0 Å². The number of rotatable bonds is 3. The minimum absolute atomic E-state index is 0.376. The molecule has 0 aromatic rings. The van der Waals surface area contributed by atoms with Crippen molar-refractivity contribution in [2.45, 2.75) is 25.7 Å². The average molecular weight is 186 g/mol. The van der Waals surface area contributed by atoms with Gasteiger partial charge >= 0.3 is 5.97 Å². The van der Waals surface area contributed by atoms with Crippen molar-refractivity contribution in [2.24, 2.45) is 0 Å². The molecule has 0 amide bonds. The Kier molecular flexibility index (Phi) is 2.73. The fourth-order valence-electron chi connectivity index (χ4n) is 1.28. The first-order chi connectivity index (χ1) is 6.00. The molecule has 0 aromatic heterocycles. The number of hydrogen-bond acceptors (Lipinski definition) is 4. The molecule has 4 nitrogen and oxygen atoms in total. The Morgan fingerprint density at radius 3 is 2.23 bits per heavy atom. The van der Waals surface area contributed by atoms with Crippen LogP contribution >= 0.6 is 0 Å². The Balaban J connectivity index is 2.85. The number of hydrogen-bond donors (Lipinski definition) is 0. The van der Waals surface area contributed by atoms with Gasteiger partial charge in [0.1, 0.15) is 5.60 Å². The fourth-order valence-corrected chi connectivity index (χ4v) is 1.28. The summed E-state index contributed by atoms with van der Waals surface area (Å²) in [6.07, 6.45) is 1.08. The Morgan fingerprint density at radius 2 is 1.92 bits per heavy atom. The summed E-state index contributed by atoms with van der Waals surface area (Å²) in [6, 6.07) is 0. The molecule has 0 saturated carbocycles. The van der Waals surface area contributed by atoms with Crippen LogP contribution < -0.4 is 0 Å². The van der Waals surface area contributed by atoms with E-state index < -0.39 is 11.9 Å². The number of esters is 1. The minimum Gasteiger partial charge on any atom is -0.452 e. The van der Waals surface area contributed by atoms with Gasteiger partial charge in [-0.05, 0) is 19.9 Å². The highest BCUT2D eigenvalue weighted by Crippen LogP contribution is 2.26. The molecule has 1 rings (SSSR count). The van der Waals surface area contributed by atoms with E-state index in [1.54, 1.807) is 19.9 Å². The molecule has 0 bridgehead atoms. The van der Waals surface area contributed by atoms with Crippen LogP contribution in [0.2, 0.25) is 0 Å². The van der Waals surface area contributed by atoms with Gasteiger partial charge in [-0.15, -0.1) is 0 Å². The molecule has 0 N–H and O–H groups in total. The van der Waals surface area contributed by atoms with Crippen molar-refractivity contribution in [1.82, 2.24) is 0 Å². The predicted octanol–water partition coefficient (Wildman–Crippen LogP) is 0.867. The molecule has 1 aliphatic heterocycles. The van der Waals surface area contributed by atoms with Crippen molar-refractivity contribution < 1.29 is 19.0 Å². The van der Waals surface area contributed by atoms with Gasteiger partial charge in [0.05, 0.1) is 5.57 Å². The average Bonchev–Trinajstić information content (AvgIpc) is 2.28. The topological polar surface area (TPSA) is 44.8 Å². The number of methoxy groups -OCH3 is 2. The van der Waals surface area contributed by atoms with E-state index in [1.165, 1.54) is 14.2 Å². The van der Waals surface area contributed by atoms with Gasteiger partial charge in [-0.1, -0.05) is 0 Å².